The first-order chi connectivity index (χ1) is 11.6. The summed E-state index contributed by atoms with van der Waals surface area (Å²) in [6.45, 7) is -0.0168. The summed E-state index contributed by atoms with van der Waals surface area (Å²) in [6, 6.07) is -2.29. The van der Waals surface area contributed by atoms with Crippen molar-refractivity contribution in [1.29, 1.82) is 0 Å². The average molecular weight is 357 g/mol. The zero-order valence-corrected chi connectivity index (χ0v) is 13.7. The lowest BCUT2D eigenvalue weighted by Gasteiger charge is -2.31. The first-order valence-electron chi connectivity index (χ1n) is 7.55. The van der Waals surface area contributed by atoms with Gasteiger partial charge >= 0.3 is 0 Å². The second kappa shape index (κ2) is 9.11. The number of hydrogen-bond acceptors (Lipinski definition) is 7. The Morgan fingerprint density at radius 3 is 2.44 bits per heavy atom. The van der Waals surface area contributed by atoms with E-state index in [2.05, 4.69) is 16.0 Å². The zero-order chi connectivity index (χ0) is 19.1. The zero-order valence-electron chi connectivity index (χ0n) is 13.7. The first-order valence-corrected chi connectivity index (χ1v) is 7.55. The van der Waals surface area contributed by atoms with Gasteiger partial charge in [-0.15, -0.1) is 0 Å². The van der Waals surface area contributed by atoms with Crippen LogP contribution in [0.1, 0.15) is 12.8 Å². The smallest absolute Gasteiger partial charge is 0.247 e. The predicted octanol–water partition coefficient (Wildman–Crippen LogP) is -4.41. The molecule has 0 spiro atoms. The molecule has 4 atom stereocenters. The van der Waals surface area contributed by atoms with Crippen LogP contribution in [0.2, 0.25) is 0 Å². The van der Waals surface area contributed by atoms with Crippen LogP contribution in [0.15, 0.2) is 11.6 Å². The summed E-state index contributed by atoms with van der Waals surface area (Å²) in [5.74, 6) is -2.97. The van der Waals surface area contributed by atoms with Crippen LogP contribution in [0.4, 0.5) is 0 Å². The molecule has 140 valence electrons. The van der Waals surface area contributed by atoms with Gasteiger partial charge in [-0.3, -0.25) is 19.2 Å². The molecule has 9 N–H and O–H groups in total. The number of primary amides is 2. The highest BCUT2D eigenvalue weighted by atomic mass is 16.3. The molecule has 0 aromatic rings. The summed E-state index contributed by atoms with van der Waals surface area (Å²) < 4.78 is 0. The molecule has 0 aliphatic heterocycles. The lowest BCUT2D eigenvalue weighted by atomic mass is 9.89. The number of rotatable bonds is 8. The highest BCUT2D eigenvalue weighted by Crippen LogP contribution is 2.20. The number of carbonyl (C=O) groups is 4. The van der Waals surface area contributed by atoms with Crippen molar-refractivity contribution in [3.8, 4) is 0 Å². The molecule has 4 unspecified atom stereocenters. The number of amides is 4. The maximum Gasteiger partial charge on any atom is 0.247 e. The Hall–Kier alpha value is -2.50. The van der Waals surface area contributed by atoms with E-state index in [1.165, 1.54) is 6.08 Å². The number of nitrogens with two attached hydrogens (primary N) is 2. The van der Waals surface area contributed by atoms with Gasteiger partial charge in [0, 0.05) is 12.0 Å². The number of hydrogen-bond donors (Lipinski definition) is 7. The van der Waals surface area contributed by atoms with Crippen molar-refractivity contribution >= 4 is 23.6 Å². The Bertz CT molecular complexity index is 578. The van der Waals surface area contributed by atoms with Crippen LogP contribution in [0.3, 0.4) is 0 Å². The highest BCUT2D eigenvalue weighted by molar-refractivity contribution is 5.98. The van der Waals surface area contributed by atoms with Gasteiger partial charge in [0.1, 0.15) is 12.1 Å². The standard InChI is InChI=1S/C14H23N5O6/c1-17-5-11(22)18-7-2-6(3-9(20)12(7)23)14(25)19-8(13(16)24)4-10(15)21/h2,7-9,12,17,20,23H,3-5H2,1H3,(H2,15,21)(H2,16,24)(H,18,22)(H,19,25). The van der Waals surface area contributed by atoms with E-state index in [-0.39, 0.29) is 18.5 Å². The van der Waals surface area contributed by atoms with Crippen LogP contribution in [0, 0.1) is 0 Å². The fraction of sp³-hybridized carbons (Fsp3) is 0.571. The Balaban J connectivity index is 2.89. The van der Waals surface area contributed by atoms with Gasteiger partial charge in [-0.2, -0.15) is 0 Å². The molecule has 1 aliphatic rings. The van der Waals surface area contributed by atoms with Crippen molar-refractivity contribution in [3.63, 3.8) is 0 Å². The van der Waals surface area contributed by atoms with Crippen LogP contribution < -0.4 is 27.4 Å². The van der Waals surface area contributed by atoms with Gasteiger partial charge in [0.25, 0.3) is 0 Å². The molecule has 0 aromatic carbocycles. The molecule has 11 heteroatoms. The molecule has 1 aliphatic carbocycles. The van der Waals surface area contributed by atoms with Gasteiger partial charge in [-0.25, -0.2) is 0 Å². The summed E-state index contributed by atoms with van der Waals surface area (Å²) in [5, 5.41) is 27.2. The number of nitrogens with one attached hydrogen (secondary N) is 3. The summed E-state index contributed by atoms with van der Waals surface area (Å²) in [6.07, 6.45) is -1.98. The van der Waals surface area contributed by atoms with Gasteiger partial charge in [0.2, 0.25) is 23.6 Å². The third kappa shape index (κ3) is 6.14. The lowest BCUT2D eigenvalue weighted by molar-refractivity contribution is -0.128. The molecular formula is C14H23N5O6. The van der Waals surface area contributed by atoms with E-state index in [1.807, 2.05) is 0 Å². The summed E-state index contributed by atoms with van der Waals surface area (Å²) in [4.78, 5) is 46.1. The third-order valence-electron chi connectivity index (χ3n) is 3.58. The molecular weight excluding hydrogens is 334 g/mol. The van der Waals surface area contributed by atoms with Crippen molar-refractivity contribution < 1.29 is 29.4 Å². The molecule has 0 fully saturated rings. The van der Waals surface area contributed by atoms with Crippen LogP contribution in [-0.4, -0.2) is 71.7 Å². The van der Waals surface area contributed by atoms with Crippen molar-refractivity contribution in [3.05, 3.63) is 11.6 Å². The Labute approximate surface area is 143 Å². The second-order valence-electron chi connectivity index (χ2n) is 5.68. The van der Waals surface area contributed by atoms with E-state index in [4.69, 9.17) is 11.5 Å². The maximum atomic E-state index is 12.2. The monoisotopic (exact) mass is 357 g/mol. The average Bonchev–Trinajstić information content (AvgIpc) is 2.50. The predicted molar refractivity (Wildman–Crippen MR) is 85.5 cm³/mol. The minimum Gasteiger partial charge on any atom is -0.390 e. The van der Waals surface area contributed by atoms with Crippen molar-refractivity contribution in [2.45, 2.75) is 37.1 Å². The molecule has 0 heterocycles. The molecule has 0 aromatic heterocycles. The van der Waals surface area contributed by atoms with Crippen molar-refractivity contribution in [1.82, 2.24) is 16.0 Å². The number of aliphatic hydroxyl groups excluding tert-OH is 2. The molecule has 25 heavy (non-hydrogen) atoms. The minimum atomic E-state index is -1.30. The fourth-order valence-corrected chi connectivity index (χ4v) is 2.34. The van der Waals surface area contributed by atoms with E-state index in [0.717, 1.165) is 0 Å². The molecule has 0 saturated heterocycles. The second-order valence-corrected chi connectivity index (χ2v) is 5.68. The number of aliphatic hydroxyl groups is 2. The Morgan fingerprint density at radius 1 is 1.28 bits per heavy atom. The molecule has 4 amide bonds. The summed E-state index contributed by atoms with van der Waals surface area (Å²) in [7, 11) is 1.56. The van der Waals surface area contributed by atoms with Crippen molar-refractivity contribution in [2.24, 2.45) is 11.5 Å². The minimum absolute atomic E-state index is 0.0168. The van der Waals surface area contributed by atoms with Gasteiger partial charge in [0.15, 0.2) is 0 Å². The van der Waals surface area contributed by atoms with Crippen LogP contribution in [-0.2, 0) is 19.2 Å². The first kappa shape index (κ1) is 20.5. The van der Waals surface area contributed by atoms with E-state index in [9.17, 15) is 29.4 Å². The summed E-state index contributed by atoms with van der Waals surface area (Å²) in [5.41, 5.74) is 10.1. The van der Waals surface area contributed by atoms with Crippen LogP contribution in [0.5, 0.6) is 0 Å². The third-order valence-corrected chi connectivity index (χ3v) is 3.58. The van der Waals surface area contributed by atoms with Crippen molar-refractivity contribution in [2.75, 3.05) is 13.6 Å². The normalized spacial score (nSPS) is 24.0. The van der Waals surface area contributed by atoms with E-state index >= 15 is 0 Å². The summed E-state index contributed by atoms with van der Waals surface area (Å²) >= 11 is 0. The maximum absolute atomic E-state index is 12.2. The molecule has 1 rings (SSSR count). The fourth-order valence-electron chi connectivity index (χ4n) is 2.34. The van der Waals surface area contributed by atoms with Gasteiger partial charge in [0.05, 0.1) is 25.1 Å². The van der Waals surface area contributed by atoms with E-state index in [1.54, 1.807) is 7.05 Å². The number of carbonyl (C=O) groups excluding carboxylic acids is 4. The lowest BCUT2D eigenvalue weighted by Crippen LogP contribution is -2.53. The van der Waals surface area contributed by atoms with E-state index in [0.29, 0.717) is 0 Å². The highest BCUT2D eigenvalue weighted by Gasteiger charge is 2.34. The molecule has 0 bridgehead atoms. The SMILES string of the molecule is CNCC(=O)NC1C=C(C(=O)NC(CC(N)=O)C(N)=O)CC(O)C1O. The topological polar surface area (TPSA) is 197 Å². The van der Waals surface area contributed by atoms with E-state index < -0.39 is 54.3 Å². The van der Waals surface area contributed by atoms with Gasteiger partial charge < -0.3 is 37.6 Å². The largest absolute Gasteiger partial charge is 0.390 e. The van der Waals surface area contributed by atoms with Crippen LogP contribution >= 0.6 is 0 Å². The Kier molecular flexibility index (Phi) is 7.48. The number of likely N-dealkylation sites (N-methyl/N-ethyl adjacent to an activating group) is 1. The van der Waals surface area contributed by atoms with Gasteiger partial charge in [-0.1, -0.05) is 6.08 Å². The molecule has 0 radical (unpaired) electrons. The van der Waals surface area contributed by atoms with Crippen LogP contribution in [0.25, 0.3) is 0 Å². The quantitative estimate of drug-likeness (QED) is 0.227. The van der Waals surface area contributed by atoms with Gasteiger partial charge in [-0.05, 0) is 7.05 Å². The Morgan fingerprint density at radius 2 is 1.92 bits per heavy atom. The molecule has 11 nitrogen and oxygen atoms in total. The molecule has 0 saturated carbocycles.